The Kier molecular flexibility index (Phi) is 3.99. The highest BCUT2D eigenvalue weighted by atomic mass is 19.1. The Bertz CT molecular complexity index is 1060. The lowest BCUT2D eigenvalue weighted by molar-refractivity contribution is 0.0940. The molecule has 3 aromatic heterocycles. The molecule has 1 amide bonds. The highest BCUT2D eigenvalue weighted by Crippen LogP contribution is 2.37. The van der Waals surface area contributed by atoms with Crippen molar-refractivity contribution < 1.29 is 9.18 Å². The summed E-state index contributed by atoms with van der Waals surface area (Å²) >= 11 is 0. The molecule has 0 saturated carbocycles. The molecule has 2 bridgehead atoms. The third-order valence-electron chi connectivity index (χ3n) is 5.67. The second-order valence-electron chi connectivity index (χ2n) is 7.57. The molecule has 3 aromatic rings. The van der Waals surface area contributed by atoms with Gasteiger partial charge in [-0.15, -0.1) is 0 Å². The Labute approximate surface area is 161 Å². The first-order valence-corrected chi connectivity index (χ1v) is 9.66. The van der Waals surface area contributed by atoms with Gasteiger partial charge in [0.25, 0.3) is 5.91 Å². The van der Waals surface area contributed by atoms with Crippen molar-refractivity contribution in [1.29, 1.82) is 0 Å². The van der Waals surface area contributed by atoms with E-state index in [9.17, 15) is 9.18 Å². The fourth-order valence-corrected chi connectivity index (χ4v) is 4.25. The van der Waals surface area contributed by atoms with E-state index >= 15 is 0 Å². The summed E-state index contributed by atoms with van der Waals surface area (Å²) in [5.41, 5.74) is 2.81. The molecule has 1 saturated heterocycles. The topological polar surface area (TPSA) is 75.4 Å². The third kappa shape index (κ3) is 2.80. The second-order valence-corrected chi connectivity index (χ2v) is 7.57. The van der Waals surface area contributed by atoms with Gasteiger partial charge in [-0.2, -0.15) is 5.10 Å². The average molecular weight is 380 g/mol. The van der Waals surface area contributed by atoms with E-state index in [-0.39, 0.29) is 23.8 Å². The number of fused-ring (bicyclic) bond motifs is 5. The first-order chi connectivity index (χ1) is 13.6. The number of rotatable bonds is 0. The number of pyridine rings is 1. The minimum Gasteiger partial charge on any atom is -0.349 e. The summed E-state index contributed by atoms with van der Waals surface area (Å²) in [4.78, 5) is 24.1. The first kappa shape index (κ1) is 17.1. The van der Waals surface area contributed by atoms with Gasteiger partial charge in [-0.05, 0) is 50.3 Å². The van der Waals surface area contributed by atoms with E-state index in [2.05, 4.69) is 20.3 Å². The number of halogens is 1. The number of hydrogen-bond donors (Lipinski definition) is 1. The van der Waals surface area contributed by atoms with Crippen LogP contribution in [0.2, 0.25) is 0 Å². The van der Waals surface area contributed by atoms with E-state index in [0.29, 0.717) is 17.6 Å². The number of amides is 1. The summed E-state index contributed by atoms with van der Waals surface area (Å²) in [5.74, 6) is 0.265. The molecule has 7 nitrogen and oxygen atoms in total. The zero-order chi connectivity index (χ0) is 19.3. The van der Waals surface area contributed by atoms with Crippen molar-refractivity contribution in [3.63, 3.8) is 0 Å². The average Bonchev–Trinajstić information content (AvgIpc) is 3.32. The zero-order valence-corrected chi connectivity index (χ0v) is 15.6. The molecule has 2 aliphatic heterocycles. The molecule has 1 fully saturated rings. The van der Waals surface area contributed by atoms with Crippen LogP contribution in [0.1, 0.15) is 53.8 Å². The van der Waals surface area contributed by atoms with Gasteiger partial charge in [0.1, 0.15) is 17.2 Å². The monoisotopic (exact) mass is 380 g/mol. The molecular weight excluding hydrogens is 359 g/mol. The van der Waals surface area contributed by atoms with Crippen molar-refractivity contribution in [3.8, 4) is 0 Å². The van der Waals surface area contributed by atoms with Crippen LogP contribution in [0.15, 0.2) is 30.7 Å². The zero-order valence-electron chi connectivity index (χ0n) is 15.6. The lowest BCUT2D eigenvalue weighted by atomic mass is 9.98. The second kappa shape index (κ2) is 6.54. The van der Waals surface area contributed by atoms with Crippen LogP contribution in [0.3, 0.4) is 0 Å². The van der Waals surface area contributed by atoms with Crippen LogP contribution >= 0.6 is 0 Å². The highest BCUT2D eigenvalue weighted by Gasteiger charge is 2.31. The van der Waals surface area contributed by atoms with Crippen LogP contribution < -0.4 is 10.2 Å². The van der Waals surface area contributed by atoms with Crippen molar-refractivity contribution in [2.24, 2.45) is 0 Å². The van der Waals surface area contributed by atoms with Crippen LogP contribution in [0, 0.1) is 5.82 Å². The van der Waals surface area contributed by atoms with Gasteiger partial charge in [-0.25, -0.2) is 13.9 Å². The number of nitrogens with zero attached hydrogens (tertiary/aromatic N) is 5. The van der Waals surface area contributed by atoms with Gasteiger partial charge >= 0.3 is 0 Å². The van der Waals surface area contributed by atoms with Gasteiger partial charge in [0.05, 0.1) is 18.4 Å². The van der Waals surface area contributed by atoms with Gasteiger partial charge in [0.2, 0.25) is 0 Å². The molecule has 2 aliphatic rings. The van der Waals surface area contributed by atoms with E-state index < -0.39 is 0 Å². The number of carbonyl (C=O) groups is 1. The number of aryl methyl sites for hydroxylation is 1. The molecule has 0 radical (unpaired) electrons. The van der Waals surface area contributed by atoms with Crippen molar-refractivity contribution in [2.45, 2.75) is 44.7 Å². The van der Waals surface area contributed by atoms with Gasteiger partial charge in [0.15, 0.2) is 5.65 Å². The van der Waals surface area contributed by atoms with E-state index in [1.54, 1.807) is 16.8 Å². The molecule has 5 heterocycles. The SMILES string of the molecule is C[C@@H]1CCc2ncc(F)cc2[C@@H]2CCCN2c2ccn3ncc(c3n2)C(=O)N1. The van der Waals surface area contributed by atoms with Crippen molar-refractivity contribution in [1.82, 2.24) is 24.9 Å². The molecule has 144 valence electrons. The Morgan fingerprint density at radius 1 is 1.29 bits per heavy atom. The first-order valence-electron chi connectivity index (χ1n) is 9.66. The van der Waals surface area contributed by atoms with Crippen molar-refractivity contribution in [2.75, 3.05) is 11.4 Å². The highest BCUT2D eigenvalue weighted by molar-refractivity contribution is 5.99. The quantitative estimate of drug-likeness (QED) is 0.649. The molecule has 1 N–H and O–H groups in total. The molecule has 2 atom stereocenters. The third-order valence-corrected chi connectivity index (χ3v) is 5.67. The van der Waals surface area contributed by atoms with E-state index in [1.165, 1.54) is 6.20 Å². The van der Waals surface area contributed by atoms with Crippen LogP contribution in [0.25, 0.3) is 5.65 Å². The number of aromatic nitrogens is 4. The van der Waals surface area contributed by atoms with Gasteiger partial charge in [0, 0.05) is 24.5 Å². The predicted octanol–water partition coefficient (Wildman–Crippen LogP) is 2.67. The van der Waals surface area contributed by atoms with Crippen molar-refractivity contribution >= 4 is 17.4 Å². The minimum absolute atomic E-state index is 0.0271. The van der Waals surface area contributed by atoms with Gasteiger partial charge < -0.3 is 10.2 Å². The maximum Gasteiger partial charge on any atom is 0.256 e. The van der Waals surface area contributed by atoms with E-state index in [1.807, 2.05) is 19.2 Å². The van der Waals surface area contributed by atoms with Crippen LogP contribution in [0.5, 0.6) is 0 Å². The molecular formula is C20H21FN6O. The van der Waals surface area contributed by atoms with Crippen LogP contribution in [-0.2, 0) is 6.42 Å². The standard InChI is InChI=1S/C20H21FN6O/c1-12-4-5-16-14(9-13(21)10-22-16)17-3-2-7-26(17)18-6-8-27-19(25-18)15(11-23-27)20(28)24-12/h6,8-12,17H,2-5,7H2,1H3,(H,24,28)/t12-,17+/m1/s1. The lowest BCUT2D eigenvalue weighted by Gasteiger charge is -2.27. The number of carbonyl (C=O) groups excluding carboxylic acids is 1. The van der Waals surface area contributed by atoms with Crippen molar-refractivity contribution in [3.05, 3.63) is 53.4 Å². The number of nitrogens with one attached hydrogen (secondary N) is 1. The molecule has 0 aliphatic carbocycles. The Morgan fingerprint density at radius 3 is 3.07 bits per heavy atom. The fraction of sp³-hybridized carbons (Fsp3) is 0.400. The molecule has 0 unspecified atom stereocenters. The van der Waals surface area contributed by atoms with Gasteiger partial charge in [-0.1, -0.05) is 0 Å². The summed E-state index contributed by atoms with van der Waals surface area (Å²) in [7, 11) is 0. The maximum atomic E-state index is 14.1. The number of anilines is 1. The normalized spacial score (nSPS) is 22.2. The fourth-order valence-electron chi connectivity index (χ4n) is 4.25. The molecule has 5 rings (SSSR count). The summed E-state index contributed by atoms with van der Waals surface area (Å²) in [5, 5.41) is 7.27. The summed E-state index contributed by atoms with van der Waals surface area (Å²) in [6.45, 7) is 2.79. The Balaban J connectivity index is 1.69. The van der Waals surface area contributed by atoms with Crippen LogP contribution in [0.4, 0.5) is 10.2 Å². The predicted molar refractivity (Wildman–Crippen MR) is 102 cm³/mol. The Hall–Kier alpha value is -3.03. The summed E-state index contributed by atoms with van der Waals surface area (Å²) < 4.78 is 15.7. The molecule has 8 heteroatoms. The largest absolute Gasteiger partial charge is 0.349 e. The summed E-state index contributed by atoms with van der Waals surface area (Å²) in [6.07, 6.45) is 7.97. The minimum atomic E-state index is -0.322. The number of hydrogen-bond acceptors (Lipinski definition) is 5. The summed E-state index contributed by atoms with van der Waals surface area (Å²) in [6, 6.07) is 3.48. The Morgan fingerprint density at radius 2 is 2.18 bits per heavy atom. The molecule has 0 spiro atoms. The molecule has 0 aromatic carbocycles. The smallest absolute Gasteiger partial charge is 0.256 e. The lowest BCUT2D eigenvalue weighted by Crippen LogP contribution is -2.33. The van der Waals surface area contributed by atoms with Crippen LogP contribution in [-0.4, -0.2) is 38.1 Å². The van der Waals surface area contributed by atoms with E-state index in [4.69, 9.17) is 4.98 Å². The molecule has 28 heavy (non-hydrogen) atoms. The maximum absolute atomic E-state index is 14.1. The van der Waals surface area contributed by atoms with E-state index in [0.717, 1.165) is 42.9 Å². The van der Waals surface area contributed by atoms with Gasteiger partial charge in [-0.3, -0.25) is 9.78 Å².